The van der Waals surface area contributed by atoms with Gasteiger partial charge in [-0.25, -0.2) is 0 Å². The standard InChI is InChI=1S/C16H18N2O2/c19-16(18-10-8-12-4-3-11-20-12)14-5-1-7-15-13(14)6-2-9-17-15/h1,3-5,7,11,17H,2,6,8-10H2,(H,18,19). The lowest BCUT2D eigenvalue weighted by atomic mass is 9.97. The molecule has 0 fully saturated rings. The number of amides is 1. The minimum Gasteiger partial charge on any atom is -0.469 e. The molecular formula is C16H18N2O2. The van der Waals surface area contributed by atoms with Crippen LogP contribution >= 0.6 is 0 Å². The van der Waals surface area contributed by atoms with Crippen molar-refractivity contribution in [2.45, 2.75) is 19.3 Å². The molecule has 1 aromatic heterocycles. The van der Waals surface area contributed by atoms with E-state index in [0.29, 0.717) is 13.0 Å². The number of fused-ring (bicyclic) bond motifs is 1. The van der Waals surface area contributed by atoms with E-state index in [1.165, 1.54) is 0 Å². The molecule has 1 aliphatic heterocycles. The first-order chi connectivity index (χ1) is 9.84. The second kappa shape index (κ2) is 5.82. The average Bonchev–Trinajstić information content (AvgIpc) is 3.00. The smallest absolute Gasteiger partial charge is 0.251 e. The highest BCUT2D eigenvalue weighted by atomic mass is 16.3. The van der Waals surface area contributed by atoms with Gasteiger partial charge in [0.1, 0.15) is 5.76 Å². The number of benzene rings is 1. The summed E-state index contributed by atoms with van der Waals surface area (Å²) in [6.45, 7) is 1.57. The molecule has 0 unspecified atom stereocenters. The highest BCUT2D eigenvalue weighted by Gasteiger charge is 2.16. The predicted molar refractivity (Wildman–Crippen MR) is 78.0 cm³/mol. The fourth-order valence-electron chi connectivity index (χ4n) is 2.57. The SMILES string of the molecule is O=C(NCCc1ccco1)c1cccc2c1CCCN2. The summed E-state index contributed by atoms with van der Waals surface area (Å²) in [5, 5.41) is 6.30. The van der Waals surface area contributed by atoms with Crippen molar-refractivity contribution in [1.82, 2.24) is 5.32 Å². The van der Waals surface area contributed by atoms with E-state index in [4.69, 9.17) is 4.42 Å². The molecule has 0 saturated heterocycles. The maximum atomic E-state index is 12.3. The zero-order chi connectivity index (χ0) is 13.8. The van der Waals surface area contributed by atoms with Crippen molar-refractivity contribution in [2.75, 3.05) is 18.4 Å². The number of rotatable bonds is 4. The molecule has 0 aliphatic carbocycles. The van der Waals surface area contributed by atoms with Crippen LogP contribution in [0.1, 0.15) is 28.1 Å². The van der Waals surface area contributed by atoms with Crippen LogP contribution in [-0.4, -0.2) is 19.0 Å². The van der Waals surface area contributed by atoms with Gasteiger partial charge in [0, 0.05) is 30.8 Å². The van der Waals surface area contributed by atoms with Crippen molar-refractivity contribution in [1.29, 1.82) is 0 Å². The van der Waals surface area contributed by atoms with Crippen molar-refractivity contribution in [3.05, 3.63) is 53.5 Å². The first-order valence-corrected chi connectivity index (χ1v) is 7.01. The Morgan fingerprint density at radius 1 is 1.30 bits per heavy atom. The summed E-state index contributed by atoms with van der Waals surface area (Å²) >= 11 is 0. The van der Waals surface area contributed by atoms with Gasteiger partial charge < -0.3 is 15.1 Å². The van der Waals surface area contributed by atoms with Crippen molar-refractivity contribution in [2.24, 2.45) is 0 Å². The molecule has 4 heteroatoms. The monoisotopic (exact) mass is 270 g/mol. The van der Waals surface area contributed by atoms with Crippen molar-refractivity contribution < 1.29 is 9.21 Å². The van der Waals surface area contributed by atoms with Gasteiger partial charge >= 0.3 is 0 Å². The highest BCUT2D eigenvalue weighted by molar-refractivity contribution is 5.97. The van der Waals surface area contributed by atoms with Crippen LogP contribution in [0.3, 0.4) is 0 Å². The zero-order valence-corrected chi connectivity index (χ0v) is 11.3. The number of anilines is 1. The second-order valence-corrected chi connectivity index (χ2v) is 4.95. The Morgan fingerprint density at radius 3 is 3.10 bits per heavy atom. The van der Waals surface area contributed by atoms with Crippen LogP contribution in [0.25, 0.3) is 0 Å². The maximum absolute atomic E-state index is 12.3. The van der Waals surface area contributed by atoms with Crippen molar-refractivity contribution in [3.8, 4) is 0 Å². The second-order valence-electron chi connectivity index (χ2n) is 4.95. The summed E-state index contributed by atoms with van der Waals surface area (Å²) in [5.41, 5.74) is 3.01. The highest BCUT2D eigenvalue weighted by Crippen LogP contribution is 2.25. The molecule has 0 saturated carbocycles. The molecule has 1 aromatic carbocycles. The quantitative estimate of drug-likeness (QED) is 0.898. The predicted octanol–water partition coefficient (Wildman–Crippen LogP) is 2.61. The Hall–Kier alpha value is -2.23. The van der Waals surface area contributed by atoms with Gasteiger partial charge in [-0.05, 0) is 42.7 Å². The first-order valence-electron chi connectivity index (χ1n) is 7.01. The van der Waals surface area contributed by atoms with Gasteiger partial charge in [-0.15, -0.1) is 0 Å². The first kappa shape index (κ1) is 12.8. The van der Waals surface area contributed by atoms with E-state index in [1.807, 2.05) is 30.3 Å². The normalized spacial score (nSPS) is 13.4. The van der Waals surface area contributed by atoms with Gasteiger partial charge in [-0.2, -0.15) is 0 Å². The van der Waals surface area contributed by atoms with E-state index in [9.17, 15) is 4.79 Å². The minimum absolute atomic E-state index is 0.00268. The van der Waals surface area contributed by atoms with E-state index < -0.39 is 0 Å². The van der Waals surface area contributed by atoms with Gasteiger partial charge in [-0.1, -0.05) is 6.07 Å². The zero-order valence-electron chi connectivity index (χ0n) is 11.3. The van der Waals surface area contributed by atoms with Crippen molar-refractivity contribution >= 4 is 11.6 Å². The molecule has 0 bridgehead atoms. The van der Waals surface area contributed by atoms with Crippen LogP contribution in [0.15, 0.2) is 41.0 Å². The average molecular weight is 270 g/mol. The third-order valence-electron chi connectivity index (χ3n) is 3.58. The molecule has 3 rings (SSSR count). The molecule has 1 amide bonds. The molecule has 4 nitrogen and oxygen atoms in total. The molecule has 2 N–H and O–H groups in total. The molecule has 1 aliphatic rings. The fraction of sp³-hybridized carbons (Fsp3) is 0.312. The largest absolute Gasteiger partial charge is 0.469 e. The Kier molecular flexibility index (Phi) is 3.72. The Morgan fingerprint density at radius 2 is 2.25 bits per heavy atom. The van der Waals surface area contributed by atoms with Gasteiger partial charge in [0.2, 0.25) is 0 Å². The Balaban J connectivity index is 1.65. The summed E-state index contributed by atoms with van der Waals surface area (Å²) in [6.07, 6.45) is 4.40. The molecule has 20 heavy (non-hydrogen) atoms. The van der Waals surface area contributed by atoms with Gasteiger partial charge in [-0.3, -0.25) is 4.79 Å². The molecule has 104 valence electrons. The third-order valence-corrected chi connectivity index (χ3v) is 3.58. The van der Waals surface area contributed by atoms with Gasteiger partial charge in [0.05, 0.1) is 6.26 Å². The lowest BCUT2D eigenvalue weighted by Crippen LogP contribution is -2.27. The van der Waals surface area contributed by atoms with E-state index in [1.54, 1.807) is 6.26 Å². The summed E-state index contributed by atoms with van der Waals surface area (Å²) in [5.74, 6) is 0.888. The number of carbonyl (C=O) groups excluding carboxylic acids is 1. The molecular weight excluding hydrogens is 252 g/mol. The van der Waals surface area contributed by atoms with Gasteiger partial charge in [0.15, 0.2) is 0 Å². The number of carbonyl (C=O) groups is 1. The Labute approximate surface area is 118 Å². The number of hydrogen-bond acceptors (Lipinski definition) is 3. The summed E-state index contributed by atoms with van der Waals surface area (Å²) in [4.78, 5) is 12.3. The number of nitrogens with one attached hydrogen (secondary N) is 2. The third kappa shape index (κ3) is 2.69. The maximum Gasteiger partial charge on any atom is 0.251 e. The summed E-state index contributed by atoms with van der Waals surface area (Å²) < 4.78 is 5.25. The van der Waals surface area contributed by atoms with Crippen LogP contribution in [0, 0.1) is 0 Å². The number of furan rings is 1. The van der Waals surface area contributed by atoms with Crippen LogP contribution in [0.5, 0.6) is 0 Å². The van der Waals surface area contributed by atoms with Crippen LogP contribution in [0.4, 0.5) is 5.69 Å². The molecule has 2 aromatic rings. The van der Waals surface area contributed by atoms with Crippen LogP contribution in [-0.2, 0) is 12.8 Å². The topological polar surface area (TPSA) is 54.3 Å². The summed E-state index contributed by atoms with van der Waals surface area (Å²) in [6, 6.07) is 9.64. The molecule has 2 heterocycles. The Bertz CT molecular complexity index is 591. The van der Waals surface area contributed by atoms with Gasteiger partial charge in [0.25, 0.3) is 5.91 Å². The molecule has 0 radical (unpaired) electrons. The lowest BCUT2D eigenvalue weighted by molar-refractivity contribution is 0.0952. The van der Waals surface area contributed by atoms with E-state index in [0.717, 1.165) is 42.0 Å². The summed E-state index contributed by atoms with van der Waals surface area (Å²) in [7, 11) is 0. The van der Waals surface area contributed by atoms with E-state index in [-0.39, 0.29) is 5.91 Å². The number of hydrogen-bond donors (Lipinski definition) is 2. The van der Waals surface area contributed by atoms with Crippen molar-refractivity contribution in [3.63, 3.8) is 0 Å². The fourth-order valence-corrected chi connectivity index (χ4v) is 2.57. The minimum atomic E-state index is -0.00268. The lowest BCUT2D eigenvalue weighted by Gasteiger charge is -2.20. The molecule has 0 atom stereocenters. The van der Waals surface area contributed by atoms with E-state index in [2.05, 4.69) is 10.6 Å². The molecule has 0 spiro atoms. The van der Waals surface area contributed by atoms with Crippen LogP contribution in [0.2, 0.25) is 0 Å². The van der Waals surface area contributed by atoms with E-state index >= 15 is 0 Å². The van der Waals surface area contributed by atoms with Crippen LogP contribution < -0.4 is 10.6 Å².